The first kappa shape index (κ1) is 25.8. The highest BCUT2D eigenvalue weighted by Crippen LogP contribution is 2.67. The molecular formula is C26H23BrClF2N2O5+. The van der Waals surface area contributed by atoms with Gasteiger partial charge in [-0.15, -0.1) is 0 Å². The second kappa shape index (κ2) is 9.50. The lowest BCUT2D eigenvalue weighted by molar-refractivity contribution is -0.893. The highest BCUT2D eigenvalue weighted by atomic mass is 79.9. The van der Waals surface area contributed by atoms with Gasteiger partial charge in [0.25, 0.3) is 6.43 Å². The zero-order valence-corrected chi connectivity index (χ0v) is 21.8. The van der Waals surface area contributed by atoms with Gasteiger partial charge < -0.3 is 20.3 Å². The van der Waals surface area contributed by atoms with Crippen LogP contribution in [-0.4, -0.2) is 42.3 Å². The fraction of sp³-hybridized carbons (Fsp3) is 0.308. The molecule has 5 rings (SSSR count). The number of aliphatic hydroxyl groups is 2. The number of pyridine rings is 1. The monoisotopic (exact) mass is 595 g/mol. The molecule has 1 saturated carbocycles. The van der Waals surface area contributed by atoms with Crippen LogP contribution in [0.5, 0.6) is 5.75 Å². The minimum atomic E-state index is -2.80. The summed E-state index contributed by atoms with van der Waals surface area (Å²) in [6.07, 6.45) is -3.19. The third kappa shape index (κ3) is 3.80. The topological polar surface area (TPSA) is 91.9 Å². The highest BCUT2D eigenvalue weighted by molar-refractivity contribution is 9.10. The Morgan fingerprint density at radius 2 is 1.92 bits per heavy atom. The Morgan fingerprint density at radius 1 is 1.24 bits per heavy atom. The number of amides is 1. The number of nitrogens with one attached hydrogen (secondary N) is 1. The summed E-state index contributed by atoms with van der Waals surface area (Å²) in [6.45, 7) is -0.904. The van der Waals surface area contributed by atoms with E-state index in [4.69, 9.17) is 21.2 Å². The third-order valence-electron chi connectivity index (χ3n) is 7.09. The molecule has 1 aromatic heterocycles. The molecule has 0 bridgehead atoms. The molecule has 0 radical (unpaired) electrons. The summed E-state index contributed by atoms with van der Waals surface area (Å²) in [5.74, 6) is -3.08. The van der Waals surface area contributed by atoms with E-state index in [0.717, 1.165) is 4.47 Å². The van der Waals surface area contributed by atoms with Crippen molar-refractivity contribution in [3.05, 3.63) is 93.2 Å². The standard InChI is InChI=1S/C26H22BrClF2N2O5/c1-36-32-13-17(28)11-18-22(32)25(35)23(33)20(24(34)31-12-19(29)30)21(14-5-3-2-4-6-14)26(25,37-18)15-7-9-16(27)10-8-15/h2-11,13,19-21,23,33,35H,12H2,1H3/p+1/t20-,21-,23-,25+,26+/m1/s1. The Balaban J connectivity index is 1.83. The number of nitrogens with zero attached hydrogens (tertiary/aromatic N) is 1. The summed E-state index contributed by atoms with van der Waals surface area (Å²) in [5, 5.41) is 26.9. The van der Waals surface area contributed by atoms with Gasteiger partial charge in [0.15, 0.2) is 11.4 Å². The molecule has 0 unspecified atom stereocenters. The maximum Gasteiger partial charge on any atom is 0.314 e. The number of ether oxygens (including phenoxy) is 1. The second-order valence-corrected chi connectivity index (χ2v) is 10.3. The molecule has 3 N–H and O–H groups in total. The summed E-state index contributed by atoms with van der Waals surface area (Å²) in [4.78, 5) is 18.9. The van der Waals surface area contributed by atoms with Crippen molar-refractivity contribution in [3.63, 3.8) is 0 Å². The van der Waals surface area contributed by atoms with Gasteiger partial charge in [-0.2, -0.15) is 0 Å². The molecule has 2 aliphatic rings. The molecule has 1 aliphatic heterocycles. The summed E-state index contributed by atoms with van der Waals surface area (Å²) < 4.78 is 34.6. The lowest BCUT2D eigenvalue weighted by Crippen LogP contribution is -2.58. The Bertz CT molecular complexity index is 1330. The van der Waals surface area contributed by atoms with Gasteiger partial charge in [-0.25, -0.2) is 8.78 Å². The molecule has 2 aromatic carbocycles. The van der Waals surface area contributed by atoms with E-state index in [1.165, 1.54) is 24.1 Å². The molecule has 2 heterocycles. The van der Waals surface area contributed by atoms with Crippen LogP contribution in [0.25, 0.3) is 0 Å². The van der Waals surface area contributed by atoms with Crippen molar-refractivity contribution in [2.45, 2.75) is 29.6 Å². The zero-order chi connectivity index (χ0) is 26.5. The first-order valence-corrected chi connectivity index (χ1v) is 12.6. The van der Waals surface area contributed by atoms with E-state index < -0.39 is 48.0 Å². The number of aliphatic hydroxyl groups excluding tert-OH is 1. The molecule has 0 spiro atoms. The lowest BCUT2D eigenvalue weighted by Gasteiger charge is -2.39. The molecule has 0 saturated heterocycles. The molecule has 3 aromatic rings. The largest absolute Gasteiger partial charge is 0.471 e. The molecule has 7 nitrogen and oxygen atoms in total. The van der Waals surface area contributed by atoms with Crippen molar-refractivity contribution < 1.29 is 38.1 Å². The van der Waals surface area contributed by atoms with Crippen molar-refractivity contribution in [1.82, 2.24) is 5.32 Å². The molecule has 37 heavy (non-hydrogen) atoms. The van der Waals surface area contributed by atoms with Crippen LogP contribution < -0.4 is 19.6 Å². The Hall–Kier alpha value is -2.79. The number of rotatable bonds is 6. The smallest absolute Gasteiger partial charge is 0.314 e. The Labute approximate surface area is 224 Å². The van der Waals surface area contributed by atoms with Gasteiger partial charge in [0, 0.05) is 21.2 Å². The van der Waals surface area contributed by atoms with Crippen molar-refractivity contribution in [1.29, 1.82) is 0 Å². The van der Waals surface area contributed by atoms with Crippen LogP contribution in [-0.2, 0) is 16.0 Å². The third-order valence-corrected chi connectivity index (χ3v) is 7.82. The molecule has 11 heteroatoms. The van der Waals surface area contributed by atoms with Crippen molar-refractivity contribution >= 4 is 33.4 Å². The fourth-order valence-corrected chi connectivity index (χ4v) is 6.18. The summed E-state index contributed by atoms with van der Waals surface area (Å²) in [6, 6.07) is 17.1. The Kier molecular flexibility index (Phi) is 6.64. The Morgan fingerprint density at radius 3 is 2.54 bits per heavy atom. The van der Waals surface area contributed by atoms with Gasteiger partial charge in [-0.3, -0.25) is 9.63 Å². The van der Waals surface area contributed by atoms with E-state index in [-0.39, 0.29) is 16.5 Å². The summed E-state index contributed by atoms with van der Waals surface area (Å²) >= 11 is 9.71. The number of halogens is 4. The van der Waals surface area contributed by atoms with Gasteiger partial charge in [-0.05, 0) is 23.3 Å². The van der Waals surface area contributed by atoms with Crippen LogP contribution in [0.2, 0.25) is 5.02 Å². The van der Waals surface area contributed by atoms with Gasteiger partial charge >= 0.3 is 5.69 Å². The average Bonchev–Trinajstić information content (AvgIpc) is 3.25. The van der Waals surface area contributed by atoms with Gasteiger partial charge in [0.2, 0.25) is 17.7 Å². The number of hydrogen-bond acceptors (Lipinski definition) is 5. The minimum Gasteiger partial charge on any atom is -0.471 e. The number of carbonyl (C=O) groups excluding carboxylic acids is 1. The number of aromatic nitrogens is 1. The molecule has 1 aliphatic carbocycles. The predicted molar refractivity (Wildman–Crippen MR) is 132 cm³/mol. The molecular weight excluding hydrogens is 574 g/mol. The van der Waals surface area contributed by atoms with E-state index in [0.29, 0.717) is 11.1 Å². The number of carbonyl (C=O) groups is 1. The maximum atomic E-state index is 13.4. The number of alkyl halides is 2. The van der Waals surface area contributed by atoms with Crippen LogP contribution in [0.15, 0.2) is 71.3 Å². The lowest BCUT2D eigenvalue weighted by atomic mass is 9.71. The molecule has 1 fully saturated rings. The van der Waals surface area contributed by atoms with E-state index >= 15 is 0 Å². The highest BCUT2D eigenvalue weighted by Gasteiger charge is 2.81. The average molecular weight is 597 g/mol. The van der Waals surface area contributed by atoms with Crippen LogP contribution in [0.4, 0.5) is 8.78 Å². The van der Waals surface area contributed by atoms with Gasteiger partial charge in [0.1, 0.15) is 18.2 Å². The van der Waals surface area contributed by atoms with Crippen molar-refractivity contribution in [2.24, 2.45) is 5.92 Å². The maximum absolute atomic E-state index is 13.4. The van der Waals surface area contributed by atoms with Crippen LogP contribution >= 0.6 is 27.5 Å². The first-order chi connectivity index (χ1) is 17.6. The molecule has 1 amide bonds. The molecule has 5 atom stereocenters. The van der Waals surface area contributed by atoms with E-state index in [9.17, 15) is 23.8 Å². The predicted octanol–water partition coefficient (Wildman–Crippen LogP) is 3.08. The normalized spacial score (nSPS) is 27.9. The molecule has 194 valence electrons. The van der Waals surface area contributed by atoms with Crippen molar-refractivity contribution in [2.75, 3.05) is 13.7 Å². The quantitative estimate of drug-likeness (QED) is 0.381. The second-order valence-electron chi connectivity index (χ2n) is 8.99. The van der Waals surface area contributed by atoms with E-state index in [2.05, 4.69) is 21.2 Å². The van der Waals surface area contributed by atoms with Crippen LogP contribution in [0.1, 0.15) is 22.7 Å². The zero-order valence-electron chi connectivity index (χ0n) is 19.4. The van der Waals surface area contributed by atoms with Gasteiger partial charge in [0.05, 0.1) is 12.5 Å². The fourth-order valence-electron chi connectivity index (χ4n) is 5.72. The van der Waals surface area contributed by atoms with Crippen LogP contribution in [0.3, 0.4) is 0 Å². The van der Waals surface area contributed by atoms with Crippen LogP contribution in [0, 0.1) is 5.92 Å². The minimum absolute atomic E-state index is 0.0416. The summed E-state index contributed by atoms with van der Waals surface area (Å²) in [5.41, 5.74) is -2.98. The van der Waals surface area contributed by atoms with Crippen molar-refractivity contribution in [3.8, 4) is 5.75 Å². The SMILES string of the molecule is CO[n+]1cc(Cl)cc2c1[C@]1(O)[C@H](O)[C@H](C(=O)NCC(F)F)[C@@H](c3ccccc3)[C@]1(c1ccc(Br)cc1)O2. The van der Waals surface area contributed by atoms with Gasteiger partial charge in [-0.1, -0.05) is 70.0 Å². The van der Waals surface area contributed by atoms with E-state index in [1.807, 2.05) is 0 Å². The van der Waals surface area contributed by atoms with E-state index in [1.54, 1.807) is 54.6 Å². The number of hydrogen-bond donors (Lipinski definition) is 3. The number of benzene rings is 2. The first-order valence-electron chi connectivity index (χ1n) is 11.4. The number of fused-ring (bicyclic) bond motifs is 3. The summed E-state index contributed by atoms with van der Waals surface area (Å²) in [7, 11) is 1.35.